The van der Waals surface area contributed by atoms with Crippen LogP contribution in [0.25, 0.3) is 17.2 Å². The summed E-state index contributed by atoms with van der Waals surface area (Å²) in [5.74, 6) is 0.232. The quantitative estimate of drug-likeness (QED) is 0.706. The Morgan fingerprint density at radius 1 is 1.11 bits per heavy atom. The number of oxazole rings is 1. The van der Waals surface area contributed by atoms with Crippen LogP contribution in [0.15, 0.2) is 59.0 Å². The summed E-state index contributed by atoms with van der Waals surface area (Å²) >= 11 is 0. The Kier molecular flexibility index (Phi) is 5.16. The van der Waals surface area contributed by atoms with Crippen LogP contribution >= 0.6 is 0 Å². The highest BCUT2D eigenvalue weighted by molar-refractivity contribution is 5.91. The van der Waals surface area contributed by atoms with Crippen molar-refractivity contribution in [1.29, 1.82) is 0 Å². The SMILES string of the molecule is O=C(C=Cc1nc2ccccc2o1)NCc1ccc(N2CCOCC2)cc1. The molecule has 1 N–H and O–H groups in total. The maximum Gasteiger partial charge on any atom is 0.244 e. The smallest absolute Gasteiger partial charge is 0.244 e. The minimum absolute atomic E-state index is 0.186. The molecule has 2 heterocycles. The standard InChI is InChI=1S/C21H21N3O3/c25-20(9-10-21-23-18-3-1-2-4-19(18)27-21)22-15-16-5-7-17(8-6-16)24-11-13-26-14-12-24/h1-10H,11-15H2,(H,22,25). The molecule has 0 aliphatic carbocycles. The van der Waals surface area contributed by atoms with Gasteiger partial charge in [-0.05, 0) is 29.8 Å². The molecule has 0 spiro atoms. The predicted octanol–water partition coefficient (Wildman–Crippen LogP) is 2.99. The maximum atomic E-state index is 12.0. The molecule has 1 aliphatic heterocycles. The fraction of sp³-hybridized carbons (Fsp3) is 0.238. The second kappa shape index (κ2) is 8.05. The largest absolute Gasteiger partial charge is 0.437 e. The third-order valence-electron chi connectivity index (χ3n) is 4.47. The number of benzene rings is 2. The van der Waals surface area contributed by atoms with E-state index in [0.29, 0.717) is 18.0 Å². The number of carbonyl (C=O) groups is 1. The average Bonchev–Trinajstić information content (AvgIpc) is 3.15. The molecule has 1 fully saturated rings. The lowest BCUT2D eigenvalue weighted by Crippen LogP contribution is -2.36. The molecule has 6 heteroatoms. The van der Waals surface area contributed by atoms with E-state index in [-0.39, 0.29) is 5.91 Å². The molecule has 2 aromatic carbocycles. The Morgan fingerprint density at radius 3 is 2.67 bits per heavy atom. The van der Waals surface area contributed by atoms with E-state index in [4.69, 9.17) is 9.15 Å². The molecule has 0 radical (unpaired) electrons. The highest BCUT2D eigenvalue weighted by Gasteiger charge is 2.10. The number of rotatable bonds is 5. The van der Waals surface area contributed by atoms with Gasteiger partial charge < -0.3 is 19.4 Å². The van der Waals surface area contributed by atoms with Crippen LogP contribution in [0.4, 0.5) is 5.69 Å². The van der Waals surface area contributed by atoms with Crippen LogP contribution in [0, 0.1) is 0 Å². The summed E-state index contributed by atoms with van der Waals surface area (Å²) in [5.41, 5.74) is 3.72. The molecule has 0 unspecified atom stereocenters. The molecule has 1 saturated heterocycles. The van der Waals surface area contributed by atoms with Crippen molar-refractivity contribution in [2.24, 2.45) is 0 Å². The number of aromatic nitrogens is 1. The Morgan fingerprint density at radius 2 is 1.89 bits per heavy atom. The van der Waals surface area contributed by atoms with Crippen LogP contribution in [0.3, 0.4) is 0 Å². The molecule has 0 atom stereocenters. The Hall–Kier alpha value is -3.12. The molecule has 1 aliphatic rings. The Bertz CT molecular complexity index is 908. The summed E-state index contributed by atoms with van der Waals surface area (Å²) in [5, 5.41) is 2.87. The molecule has 1 amide bonds. The number of para-hydroxylation sites is 2. The zero-order chi connectivity index (χ0) is 18.5. The van der Waals surface area contributed by atoms with Crippen LogP contribution in [-0.2, 0) is 16.1 Å². The number of ether oxygens (including phenoxy) is 1. The lowest BCUT2D eigenvalue weighted by molar-refractivity contribution is -0.116. The van der Waals surface area contributed by atoms with Gasteiger partial charge in [0.2, 0.25) is 11.8 Å². The highest BCUT2D eigenvalue weighted by Crippen LogP contribution is 2.17. The van der Waals surface area contributed by atoms with Gasteiger partial charge in [-0.25, -0.2) is 4.98 Å². The monoisotopic (exact) mass is 363 g/mol. The molecule has 4 rings (SSSR count). The van der Waals surface area contributed by atoms with E-state index in [1.165, 1.54) is 11.8 Å². The van der Waals surface area contributed by atoms with E-state index in [0.717, 1.165) is 37.4 Å². The van der Waals surface area contributed by atoms with Crippen molar-refractivity contribution in [3.8, 4) is 0 Å². The fourth-order valence-corrected chi connectivity index (χ4v) is 3.00. The molecule has 1 aromatic heterocycles. The van der Waals surface area contributed by atoms with Crippen molar-refractivity contribution in [1.82, 2.24) is 10.3 Å². The summed E-state index contributed by atoms with van der Waals surface area (Å²) < 4.78 is 10.9. The van der Waals surface area contributed by atoms with Crippen molar-refractivity contribution >= 4 is 28.8 Å². The maximum absolute atomic E-state index is 12.0. The van der Waals surface area contributed by atoms with Gasteiger partial charge in [0.05, 0.1) is 13.2 Å². The third kappa shape index (κ3) is 4.35. The zero-order valence-electron chi connectivity index (χ0n) is 14.9. The van der Waals surface area contributed by atoms with E-state index in [1.54, 1.807) is 6.08 Å². The number of nitrogens with zero attached hydrogens (tertiary/aromatic N) is 2. The first-order valence-electron chi connectivity index (χ1n) is 9.01. The van der Waals surface area contributed by atoms with Crippen molar-refractivity contribution in [3.05, 3.63) is 66.1 Å². The first-order valence-corrected chi connectivity index (χ1v) is 9.01. The number of hydrogen-bond acceptors (Lipinski definition) is 5. The first kappa shape index (κ1) is 17.3. The minimum Gasteiger partial charge on any atom is -0.437 e. The van der Waals surface area contributed by atoms with Crippen LogP contribution in [-0.4, -0.2) is 37.2 Å². The van der Waals surface area contributed by atoms with Gasteiger partial charge in [0.1, 0.15) is 5.52 Å². The number of amides is 1. The van der Waals surface area contributed by atoms with E-state index >= 15 is 0 Å². The Labute approximate surface area is 157 Å². The summed E-state index contributed by atoms with van der Waals surface area (Å²) in [4.78, 5) is 18.6. The second-order valence-electron chi connectivity index (χ2n) is 6.34. The highest BCUT2D eigenvalue weighted by atomic mass is 16.5. The van der Waals surface area contributed by atoms with Crippen molar-refractivity contribution in [2.75, 3.05) is 31.2 Å². The van der Waals surface area contributed by atoms with Crippen LogP contribution in [0.1, 0.15) is 11.5 Å². The van der Waals surface area contributed by atoms with Gasteiger partial charge in [0.25, 0.3) is 0 Å². The van der Waals surface area contributed by atoms with Crippen LogP contribution < -0.4 is 10.2 Å². The van der Waals surface area contributed by atoms with E-state index in [1.807, 2.05) is 36.4 Å². The topological polar surface area (TPSA) is 67.6 Å². The second-order valence-corrected chi connectivity index (χ2v) is 6.34. The normalized spacial score (nSPS) is 14.7. The van der Waals surface area contributed by atoms with Crippen molar-refractivity contribution < 1.29 is 13.9 Å². The lowest BCUT2D eigenvalue weighted by atomic mass is 10.2. The van der Waals surface area contributed by atoms with Gasteiger partial charge in [0, 0.05) is 37.5 Å². The van der Waals surface area contributed by atoms with Gasteiger partial charge in [-0.2, -0.15) is 0 Å². The van der Waals surface area contributed by atoms with Gasteiger partial charge in [0.15, 0.2) is 5.58 Å². The summed E-state index contributed by atoms with van der Waals surface area (Å²) in [7, 11) is 0. The number of carbonyl (C=O) groups excluding carboxylic acids is 1. The Balaban J connectivity index is 1.30. The summed E-state index contributed by atoms with van der Waals surface area (Å²) in [6.07, 6.45) is 3.02. The average molecular weight is 363 g/mol. The van der Waals surface area contributed by atoms with Gasteiger partial charge >= 0.3 is 0 Å². The van der Waals surface area contributed by atoms with Crippen LogP contribution in [0.2, 0.25) is 0 Å². The van der Waals surface area contributed by atoms with Gasteiger partial charge in [-0.1, -0.05) is 24.3 Å². The van der Waals surface area contributed by atoms with Crippen molar-refractivity contribution in [3.63, 3.8) is 0 Å². The lowest BCUT2D eigenvalue weighted by Gasteiger charge is -2.28. The first-order chi connectivity index (χ1) is 13.3. The number of fused-ring (bicyclic) bond motifs is 1. The minimum atomic E-state index is -0.186. The fourth-order valence-electron chi connectivity index (χ4n) is 3.00. The van der Waals surface area contributed by atoms with Gasteiger partial charge in [-0.15, -0.1) is 0 Å². The van der Waals surface area contributed by atoms with E-state index < -0.39 is 0 Å². The van der Waals surface area contributed by atoms with Crippen molar-refractivity contribution in [2.45, 2.75) is 6.54 Å². The number of hydrogen-bond donors (Lipinski definition) is 1. The molecule has 3 aromatic rings. The molecule has 138 valence electrons. The van der Waals surface area contributed by atoms with Gasteiger partial charge in [-0.3, -0.25) is 4.79 Å². The van der Waals surface area contributed by atoms with Crippen LogP contribution in [0.5, 0.6) is 0 Å². The molecule has 0 saturated carbocycles. The molecule has 27 heavy (non-hydrogen) atoms. The number of anilines is 1. The molecular weight excluding hydrogens is 342 g/mol. The summed E-state index contributed by atoms with van der Waals surface area (Å²) in [6.45, 7) is 3.84. The molecular formula is C21H21N3O3. The van der Waals surface area contributed by atoms with E-state index in [9.17, 15) is 4.79 Å². The molecule has 0 bridgehead atoms. The number of nitrogens with one attached hydrogen (secondary N) is 1. The molecule has 6 nitrogen and oxygen atoms in total. The number of morpholine rings is 1. The van der Waals surface area contributed by atoms with E-state index in [2.05, 4.69) is 27.3 Å². The predicted molar refractivity (Wildman–Crippen MR) is 104 cm³/mol. The zero-order valence-corrected chi connectivity index (χ0v) is 14.9. The summed E-state index contributed by atoms with van der Waals surface area (Å²) in [6, 6.07) is 15.7. The third-order valence-corrected chi connectivity index (χ3v) is 4.47.